The maximum Gasteiger partial charge on any atom is 0.350 e. The number of hydrogen-bond donors (Lipinski definition) is 6. The Kier molecular flexibility index (Phi) is 13.7. The van der Waals surface area contributed by atoms with Gasteiger partial charge in [-0.15, -0.1) is 0 Å². The number of ketones is 2. The maximum absolute atomic E-state index is 15.1. The van der Waals surface area contributed by atoms with Crippen LogP contribution < -0.4 is 31.9 Å². The van der Waals surface area contributed by atoms with Crippen LogP contribution in [0.3, 0.4) is 0 Å². The third-order valence-electron chi connectivity index (χ3n) is 14.9. The molecule has 12 heteroatoms. The molecular formula is C46H73N7O5. The smallest absolute Gasteiger partial charge is 0.350 e. The number of piperidine rings is 1. The molecule has 322 valence electrons. The van der Waals surface area contributed by atoms with Crippen molar-refractivity contribution in [1.29, 1.82) is 0 Å². The Morgan fingerprint density at radius 1 is 1.09 bits per heavy atom. The Labute approximate surface area is 347 Å². The van der Waals surface area contributed by atoms with Crippen LogP contribution in [0.4, 0.5) is 0 Å². The summed E-state index contributed by atoms with van der Waals surface area (Å²) in [5.74, 6) is 0.215. The van der Waals surface area contributed by atoms with E-state index in [9.17, 15) is 9.59 Å². The van der Waals surface area contributed by atoms with E-state index in [4.69, 9.17) is 9.47 Å². The van der Waals surface area contributed by atoms with E-state index in [1.807, 2.05) is 14.1 Å². The molecule has 11 unspecified atom stereocenters. The number of guanidine groups is 1. The first-order chi connectivity index (χ1) is 28.0. The third-order valence-corrected chi connectivity index (χ3v) is 14.9. The van der Waals surface area contributed by atoms with Gasteiger partial charge < -0.3 is 36.1 Å². The van der Waals surface area contributed by atoms with Crippen molar-refractivity contribution in [2.24, 2.45) is 46.4 Å². The molecule has 6 N–H and O–H groups in total. The average Bonchev–Trinajstić information content (AvgIpc) is 3.97. The predicted molar refractivity (Wildman–Crippen MR) is 228 cm³/mol. The molecule has 58 heavy (non-hydrogen) atoms. The Hall–Kier alpha value is -2.90. The second kappa shape index (κ2) is 18.4. The minimum atomic E-state index is -1.89. The Balaban J connectivity index is 1.16. The molecule has 0 radical (unpaired) electrons. The van der Waals surface area contributed by atoms with Crippen molar-refractivity contribution in [2.75, 3.05) is 47.0 Å². The van der Waals surface area contributed by atoms with Crippen molar-refractivity contribution in [2.45, 2.75) is 140 Å². The second-order valence-electron chi connectivity index (χ2n) is 19.1. The molecule has 3 aliphatic heterocycles. The minimum absolute atomic E-state index is 0.0550. The van der Waals surface area contributed by atoms with E-state index in [-0.39, 0.29) is 54.2 Å². The molecule has 2 saturated carbocycles. The summed E-state index contributed by atoms with van der Waals surface area (Å²) in [5.41, 5.74) is -1.22. The van der Waals surface area contributed by atoms with Crippen LogP contribution in [0.2, 0.25) is 0 Å². The molecule has 0 aromatic heterocycles. The number of carbonyl (C=O) groups excluding carboxylic acids is 3. The van der Waals surface area contributed by atoms with Crippen LogP contribution in [0.1, 0.15) is 111 Å². The molecular weight excluding hydrogens is 731 g/mol. The second-order valence-corrected chi connectivity index (χ2v) is 19.1. The van der Waals surface area contributed by atoms with E-state index in [0.717, 1.165) is 108 Å². The zero-order valence-corrected chi connectivity index (χ0v) is 36.2. The lowest BCUT2D eigenvalue weighted by molar-refractivity contribution is -0.161. The molecule has 3 heterocycles. The largest absolute Gasteiger partial charge is 0.463 e. The summed E-state index contributed by atoms with van der Waals surface area (Å²) >= 11 is 0. The number of likely N-dealkylation sites (N-methyl/N-ethyl adjacent to an activating group) is 1. The fourth-order valence-electron chi connectivity index (χ4n) is 12.1. The summed E-state index contributed by atoms with van der Waals surface area (Å²) in [6, 6.07) is 0.0642. The SMILES string of the molecule is CCNC1C=C2C=CCCC2CC1COC(=O)C12OC1(CC=C(C)CC1(C3CCNC(NCNC)C3)CCCNC(=NC)N1)C(=O)C1CCCC(CC(C)C)C1C2=O. The number of nitrogens with zero attached hydrogens (tertiary/aromatic N) is 1. The van der Waals surface area contributed by atoms with Gasteiger partial charge in [-0.1, -0.05) is 57.1 Å². The third kappa shape index (κ3) is 8.39. The molecule has 11 atom stereocenters. The highest BCUT2D eigenvalue weighted by atomic mass is 16.7. The van der Waals surface area contributed by atoms with E-state index in [2.05, 4.69) is 88.9 Å². The molecule has 0 spiro atoms. The predicted octanol–water partition coefficient (Wildman–Crippen LogP) is 4.67. The number of aliphatic imine (C=N–C) groups is 1. The summed E-state index contributed by atoms with van der Waals surface area (Å²) < 4.78 is 12.8. The quantitative estimate of drug-likeness (QED) is 0.0450. The van der Waals surface area contributed by atoms with E-state index in [1.54, 1.807) is 0 Å². The molecule has 4 aliphatic carbocycles. The van der Waals surface area contributed by atoms with Crippen LogP contribution in [0.25, 0.3) is 0 Å². The summed E-state index contributed by atoms with van der Waals surface area (Å²) in [7, 11) is 3.77. The summed E-state index contributed by atoms with van der Waals surface area (Å²) in [6.45, 7) is 12.0. The number of epoxide rings is 1. The molecule has 5 fully saturated rings. The van der Waals surface area contributed by atoms with Crippen molar-refractivity contribution in [1.82, 2.24) is 31.9 Å². The number of hydrogen-bond acceptors (Lipinski definition) is 10. The van der Waals surface area contributed by atoms with Gasteiger partial charge in [0.15, 0.2) is 23.1 Å². The number of allylic oxidation sites excluding steroid dienone is 3. The summed E-state index contributed by atoms with van der Waals surface area (Å²) in [6.07, 6.45) is 20.3. The number of fused-ring (bicyclic) bond motifs is 3. The van der Waals surface area contributed by atoms with Crippen LogP contribution in [0.5, 0.6) is 0 Å². The van der Waals surface area contributed by atoms with Gasteiger partial charge >= 0.3 is 5.97 Å². The van der Waals surface area contributed by atoms with Gasteiger partial charge in [0.25, 0.3) is 5.60 Å². The van der Waals surface area contributed by atoms with Crippen LogP contribution in [0.15, 0.2) is 40.4 Å². The number of rotatable bonds is 15. The fraction of sp³-hybridized carbons (Fsp3) is 0.783. The first-order valence-corrected chi connectivity index (χ1v) is 22.8. The van der Waals surface area contributed by atoms with Crippen molar-refractivity contribution in [3.05, 3.63) is 35.5 Å². The highest BCUT2D eigenvalue weighted by Crippen LogP contribution is 2.63. The normalized spacial score (nSPS) is 39.5. The molecule has 0 bridgehead atoms. The lowest BCUT2D eigenvalue weighted by Crippen LogP contribution is -2.60. The number of esters is 1. The topological polar surface area (TPSA) is 158 Å². The monoisotopic (exact) mass is 804 g/mol. The molecule has 7 rings (SSSR count). The molecule has 3 saturated heterocycles. The number of carbonyl (C=O) groups is 3. The first-order valence-electron chi connectivity index (χ1n) is 22.8. The van der Waals surface area contributed by atoms with Crippen LogP contribution in [-0.4, -0.2) is 99.4 Å². The van der Waals surface area contributed by atoms with Gasteiger partial charge in [0.2, 0.25) is 0 Å². The van der Waals surface area contributed by atoms with Crippen LogP contribution >= 0.6 is 0 Å². The summed E-state index contributed by atoms with van der Waals surface area (Å²) in [4.78, 5) is 49.3. The molecule has 12 nitrogen and oxygen atoms in total. The maximum atomic E-state index is 15.1. The van der Waals surface area contributed by atoms with Crippen molar-refractivity contribution >= 4 is 23.5 Å². The first kappa shape index (κ1) is 43.2. The standard InChI is InChI=1S/C46H73N7O5/c1-7-49-37-24-32-13-9-8-12-31(32)23-34(37)27-57-42(56)46-41(55)39-33(22-29(2)3)14-10-15-36(39)40(54)45(46,58-46)19-16-30(4)26-44(18-11-20-51-43(48-6)53-44)35-17-21-50-38(25-35)52-28-47-5/h9,13,16,24,29,31,33-39,47,49-50,52H,7-8,10-12,14-15,17-23,25-28H2,1-6H3,(H2,48,51,53). The van der Waals surface area contributed by atoms with Crippen LogP contribution in [-0.2, 0) is 23.9 Å². The van der Waals surface area contributed by atoms with E-state index in [1.165, 1.54) is 5.57 Å². The Morgan fingerprint density at radius 3 is 2.71 bits per heavy atom. The highest BCUT2D eigenvalue weighted by Gasteiger charge is 2.87. The number of nitrogens with one attached hydrogen (secondary N) is 6. The lowest BCUT2D eigenvalue weighted by atomic mass is 9.57. The lowest BCUT2D eigenvalue weighted by Gasteiger charge is -2.46. The number of Topliss-reactive ketones (excluding diaryl/α,β-unsaturated/α-hetero) is 2. The number of ether oxygens (including phenoxy) is 2. The fourth-order valence-corrected chi connectivity index (χ4v) is 12.1. The van der Waals surface area contributed by atoms with Gasteiger partial charge in [-0.2, -0.15) is 0 Å². The van der Waals surface area contributed by atoms with Gasteiger partial charge in [0.05, 0.1) is 12.8 Å². The summed E-state index contributed by atoms with van der Waals surface area (Å²) in [5, 5.41) is 21.4. The molecule has 7 aliphatic rings. The van der Waals surface area contributed by atoms with E-state index in [0.29, 0.717) is 24.2 Å². The van der Waals surface area contributed by atoms with E-state index >= 15 is 4.79 Å². The zero-order valence-electron chi connectivity index (χ0n) is 36.2. The zero-order chi connectivity index (χ0) is 41.1. The van der Waals surface area contributed by atoms with Crippen molar-refractivity contribution in [3.8, 4) is 0 Å². The van der Waals surface area contributed by atoms with Gasteiger partial charge in [0.1, 0.15) is 0 Å². The molecule has 0 amide bonds. The van der Waals surface area contributed by atoms with Crippen molar-refractivity contribution in [3.63, 3.8) is 0 Å². The molecule has 0 aromatic carbocycles. The highest BCUT2D eigenvalue weighted by molar-refractivity contribution is 6.23. The minimum Gasteiger partial charge on any atom is -0.463 e. The Bertz CT molecular complexity index is 1640. The van der Waals surface area contributed by atoms with Gasteiger partial charge in [-0.3, -0.25) is 19.9 Å². The molecule has 0 aromatic rings. The van der Waals surface area contributed by atoms with Gasteiger partial charge in [-0.05, 0) is 127 Å². The van der Waals surface area contributed by atoms with Gasteiger partial charge in [-0.25, -0.2) is 4.79 Å². The van der Waals surface area contributed by atoms with Gasteiger partial charge in [0, 0.05) is 56.0 Å². The van der Waals surface area contributed by atoms with E-state index < -0.39 is 29.0 Å². The average molecular weight is 804 g/mol. The Morgan fingerprint density at radius 2 is 1.93 bits per heavy atom. The van der Waals surface area contributed by atoms with Crippen LogP contribution in [0, 0.1) is 41.4 Å². The van der Waals surface area contributed by atoms with Crippen molar-refractivity contribution < 1.29 is 23.9 Å².